The monoisotopic (exact) mass is 292 g/mol. The zero-order chi connectivity index (χ0) is 14.9. The van der Waals surface area contributed by atoms with Gasteiger partial charge in [0.05, 0.1) is 6.10 Å². The molecular formula is C15H20N2O2S. The zero-order valence-corrected chi connectivity index (χ0v) is 12.8. The number of ether oxygens (including phenoxy) is 1. The molecule has 108 valence electrons. The molecule has 0 bridgehead atoms. The molecular weight excluding hydrogens is 272 g/mol. The lowest BCUT2D eigenvalue weighted by Gasteiger charge is -2.51. The SMILES string of the molecule is COC1CC(NC(=O)c2cccc(C(N)=S)c2)C1(C)C. The molecule has 5 heteroatoms. The molecule has 1 amide bonds. The van der Waals surface area contributed by atoms with Crippen LogP contribution in [0.25, 0.3) is 0 Å². The van der Waals surface area contributed by atoms with Crippen molar-refractivity contribution in [3.8, 4) is 0 Å². The maximum Gasteiger partial charge on any atom is 0.251 e. The van der Waals surface area contributed by atoms with E-state index in [-0.39, 0.29) is 23.5 Å². The lowest BCUT2D eigenvalue weighted by Crippen LogP contribution is -2.61. The summed E-state index contributed by atoms with van der Waals surface area (Å²) in [5.41, 5.74) is 6.81. The predicted molar refractivity (Wildman–Crippen MR) is 82.8 cm³/mol. The Labute approximate surface area is 124 Å². The number of hydrogen-bond donors (Lipinski definition) is 2. The first-order chi connectivity index (χ1) is 9.36. The molecule has 2 atom stereocenters. The number of carbonyl (C=O) groups excluding carboxylic acids is 1. The van der Waals surface area contributed by atoms with Crippen molar-refractivity contribution >= 4 is 23.1 Å². The number of hydrogen-bond acceptors (Lipinski definition) is 3. The number of rotatable bonds is 4. The second-order valence-corrected chi connectivity index (χ2v) is 6.19. The number of nitrogens with one attached hydrogen (secondary N) is 1. The van der Waals surface area contributed by atoms with Crippen molar-refractivity contribution in [2.24, 2.45) is 11.1 Å². The van der Waals surface area contributed by atoms with Crippen molar-refractivity contribution in [2.75, 3.05) is 7.11 Å². The lowest BCUT2D eigenvalue weighted by atomic mass is 9.64. The average Bonchev–Trinajstić information content (AvgIpc) is 2.42. The fourth-order valence-corrected chi connectivity index (χ4v) is 2.71. The molecule has 1 aliphatic rings. The van der Waals surface area contributed by atoms with E-state index in [4.69, 9.17) is 22.7 Å². The molecule has 4 nitrogen and oxygen atoms in total. The van der Waals surface area contributed by atoms with Crippen molar-refractivity contribution < 1.29 is 9.53 Å². The van der Waals surface area contributed by atoms with E-state index in [1.54, 1.807) is 31.4 Å². The summed E-state index contributed by atoms with van der Waals surface area (Å²) in [5.74, 6) is -0.101. The van der Waals surface area contributed by atoms with Gasteiger partial charge in [-0.2, -0.15) is 0 Å². The van der Waals surface area contributed by atoms with E-state index in [2.05, 4.69) is 19.2 Å². The van der Waals surface area contributed by atoms with Crippen LogP contribution >= 0.6 is 12.2 Å². The topological polar surface area (TPSA) is 64.3 Å². The van der Waals surface area contributed by atoms with Crippen LogP contribution in [0.4, 0.5) is 0 Å². The molecule has 0 saturated heterocycles. The molecule has 0 aromatic heterocycles. The Morgan fingerprint density at radius 2 is 2.10 bits per heavy atom. The van der Waals surface area contributed by atoms with Crippen LogP contribution in [0.2, 0.25) is 0 Å². The lowest BCUT2D eigenvalue weighted by molar-refractivity contribution is -0.0942. The molecule has 2 rings (SSSR count). The Hall–Kier alpha value is -1.46. The predicted octanol–water partition coefficient (Wildman–Crippen LogP) is 1.86. The maximum absolute atomic E-state index is 12.3. The van der Waals surface area contributed by atoms with Crippen LogP contribution in [-0.4, -0.2) is 30.2 Å². The van der Waals surface area contributed by atoms with Crippen molar-refractivity contribution in [2.45, 2.75) is 32.4 Å². The molecule has 0 aliphatic heterocycles. The minimum atomic E-state index is -0.101. The first-order valence-electron chi connectivity index (χ1n) is 6.59. The van der Waals surface area contributed by atoms with Gasteiger partial charge in [-0.15, -0.1) is 0 Å². The van der Waals surface area contributed by atoms with E-state index in [0.29, 0.717) is 16.1 Å². The Morgan fingerprint density at radius 3 is 2.65 bits per heavy atom. The molecule has 3 N–H and O–H groups in total. The van der Waals surface area contributed by atoms with E-state index in [9.17, 15) is 4.79 Å². The Balaban J connectivity index is 2.06. The van der Waals surface area contributed by atoms with E-state index >= 15 is 0 Å². The number of thiocarbonyl (C=S) groups is 1. The summed E-state index contributed by atoms with van der Waals surface area (Å²) in [7, 11) is 1.70. The van der Waals surface area contributed by atoms with Gasteiger partial charge in [0.2, 0.25) is 0 Å². The second-order valence-electron chi connectivity index (χ2n) is 5.75. The average molecular weight is 292 g/mol. The minimum absolute atomic E-state index is 0.0504. The van der Waals surface area contributed by atoms with Gasteiger partial charge in [0.15, 0.2) is 0 Å². The molecule has 1 saturated carbocycles. The minimum Gasteiger partial charge on any atom is -0.389 e. The zero-order valence-electron chi connectivity index (χ0n) is 12.0. The van der Waals surface area contributed by atoms with Gasteiger partial charge in [0.1, 0.15) is 4.99 Å². The van der Waals surface area contributed by atoms with Crippen molar-refractivity contribution in [3.05, 3.63) is 35.4 Å². The Kier molecular flexibility index (Phi) is 4.11. The third-order valence-electron chi connectivity index (χ3n) is 4.18. The number of methoxy groups -OCH3 is 1. The highest BCUT2D eigenvalue weighted by atomic mass is 32.1. The number of nitrogens with two attached hydrogens (primary N) is 1. The first-order valence-corrected chi connectivity index (χ1v) is 7.00. The summed E-state index contributed by atoms with van der Waals surface area (Å²) < 4.78 is 5.38. The van der Waals surface area contributed by atoms with E-state index in [1.807, 2.05) is 0 Å². The second kappa shape index (κ2) is 5.50. The van der Waals surface area contributed by atoms with Gasteiger partial charge < -0.3 is 15.8 Å². The quantitative estimate of drug-likeness (QED) is 0.832. The number of benzene rings is 1. The molecule has 1 aromatic rings. The van der Waals surface area contributed by atoms with Gasteiger partial charge in [-0.25, -0.2) is 0 Å². The molecule has 0 radical (unpaired) electrons. The van der Waals surface area contributed by atoms with Crippen molar-refractivity contribution in [3.63, 3.8) is 0 Å². The first kappa shape index (κ1) is 14.9. The normalized spacial score (nSPS) is 23.8. The van der Waals surface area contributed by atoms with Crippen molar-refractivity contribution in [1.82, 2.24) is 5.32 Å². The summed E-state index contributed by atoms with van der Waals surface area (Å²) in [6.45, 7) is 4.20. The fourth-order valence-electron chi connectivity index (χ4n) is 2.59. The van der Waals surface area contributed by atoms with Crippen LogP contribution in [0, 0.1) is 5.41 Å². The summed E-state index contributed by atoms with van der Waals surface area (Å²) in [5, 5.41) is 3.05. The van der Waals surface area contributed by atoms with Crippen LogP contribution in [0.15, 0.2) is 24.3 Å². The van der Waals surface area contributed by atoms with Gasteiger partial charge in [-0.1, -0.05) is 38.2 Å². The van der Waals surface area contributed by atoms with Crippen LogP contribution in [0.1, 0.15) is 36.2 Å². The Bertz CT molecular complexity index is 542. The molecule has 2 unspecified atom stereocenters. The summed E-state index contributed by atoms with van der Waals surface area (Å²) in [6, 6.07) is 7.18. The van der Waals surface area contributed by atoms with E-state index in [1.165, 1.54) is 0 Å². The van der Waals surface area contributed by atoms with Gasteiger partial charge in [0, 0.05) is 29.7 Å². The highest BCUT2D eigenvalue weighted by molar-refractivity contribution is 7.80. The van der Waals surface area contributed by atoms with Gasteiger partial charge in [-0.05, 0) is 18.6 Å². The van der Waals surface area contributed by atoms with Gasteiger partial charge in [-0.3, -0.25) is 4.79 Å². The molecule has 0 spiro atoms. The van der Waals surface area contributed by atoms with Crippen LogP contribution < -0.4 is 11.1 Å². The molecule has 1 aromatic carbocycles. The summed E-state index contributed by atoms with van der Waals surface area (Å²) >= 11 is 4.93. The number of carbonyl (C=O) groups is 1. The summed E-state index contributed by atoms with van der Waals surface area (Å²) in [4.78, 5) is 12.6. The molecule has 1 aliphatic carbocycles. The largest absolute Gasteiger partial charge is 0.389 e. The van der Waals surface area contributed by atoms with Crippen LogP contribution in [0.5, 0.6) is 0 Å². The third-order valence-corrected chi connectivity index (χ3v) is 4.41. The van der Waals surface area contributed by atoms with E-state index < -0.39 is 0 Å². The maximum atomic E-state index is 12.3. The highest BCUT2D eigenvalue weighted by Gasteiger charge is 2.49. The standard InChI is InChI=1S/C15H20N2O2S/c1-15(2)11(8-12(15)19-3)17-14(18)10-6-4-5-9(7-10)13(16)20/h4-7,11-12H,8H2,1-3H3,(H2,16,20)(H,17,18). The Morgan fingerprint density at radius 1 is 1.45 bits per heavy atom. The van der Waals surface area contributed by atoms with E-state index in [0.717, 1.165) is 6.42 Å². The molecule has 1 fully saturated rings. The van der Waals surface area contributed by atoms with Crippen LogP contribution in [0.3, 0.4) is 0 Å². The number of amides is 1. The smallest absolute Gasteiger partial charge is 0.251 e. The van der Waals surface area contributed by atoms with Crippen molar-refractivity contribution in [1.29, 1.82) is 0 Å². The highest BCUT2D eigenvalue weighted by Crippen LogP contribution is 2.42. The molecule has 20 heavy (non-hydrogen) atoms. The van der Waals surface area contributed by atoms with Gasteiger partial charge >= 0.3 is 0 Å². The van der Waals surface area contributed by atoms with Crippen LogP contribution in [-0.2, 0) is 4.74 Å². The molecule has 0 heterocycles. The fraction of sp³-hybridized carbons (Fsp3) is 0.467. The third kappa shape index (κ3) is 2.69. The summed E-state index contributed by atoms with van der Waals surface area (Å²) in [6.07, 6.45) is 1.03. The van der Waals surface area contributed by atoms with Gasteiger partial charge in [0.25, 0.3) is 5.91 Å².